The van der Waals surface area contributed by atoms with Gasteiger partial charge in [-0.1, -0.05) is 52.9 Å². The van der Waals surface area contributed by atoms with E-state index in [1.165, 1.54) is 11.8 Å². The van der Waals surface area contributed by atoms with Crippen LogP contribution in [0.1, 0.15) is 22.3 Å². The molecule has 0 unspecified atom stereocenters. The molecule has 0 aliphatic carbocycles. The van der Waals surface area contributed by atoms with E-state index in [-0.39, 0.29) is 18.3 Å². The number of aryl methyl sites for hydroxylation is 1. The zero-order chi connectivity index (χ0) is 22.4. The molecule has 0 atom stereocenters. The number of esters is 1. The molecule has 0 aliphatic rings. The molecule has 0 bridgehead atoms. The molecule has 31 heavy (non-hydrogen) atoms. The van der Waals surface area contributed by atoms with Gasteiger partial charge in [-0.15, -0.1) is 16.8 Å². The lowest BCUT2D eigenvalue weighted by Crippen LogP contribution is -2.14. The first-order chi connectivity index (χ1) is 14.9. The zero-order valence-electron chi connectivity index (χ0n) is 16.9. The number of amides is 1. The first-order valence-corrected chi connectivity index (χ1v) is 11.5. The van der Waals surface area contributed by atoms with E-state index in [0.29, 0.717) is 38.3 Å². The monoisotopic (exact) mass is 477 g/mol. The van der Waals surface area contributed by atoms with Crippen molar-refractivity contribution in [2.45, 2.75) is 25.5 Å². The van der Waals surface area contributed by atoms with Gasteiger partial charge in [-0.05, 0) is 26.0 Å². The molecule has 3 rings (SSSR count). The van der Waals surface area contributed by atoms with Gasteiger partial charge < -0.3 is 10.1 Å². The number of carbonyl (C=O) groups is 2. The molecule has 0 saturated heterocycles. The highest BCUT2D eigenvalue weighted by molar-refractivity contribution is 7.99. The third kappa shape index (κ3) is 5.52. The number of rotatable bonds is 9. The van der Waals surface area contributed by atoms with Gasteiger partial charge in [-0.2, -0.15) is 0 Å². The van der Waals surface area contributed by atoms with Gasteiger partial charge in [0.15, 0.2) is 16.1 Å². The number of halogens is 1. The number of anilines is 1. The number of thiazole rings is 1. The zero-order valence-corrected chi connectivity index (χ0v) is 19.3. The quantitative estimate of drug-likeness (QED) is 0.276. The SMILES string of the molecule is C=CCn1c(SCC(=O)Nc2nc(C)c(C(=O)OCC)s2)nnc1-c1ccccc1Cl. The third-order valence-electron chi connectivity index (χ3n) is 3.98. The molecule has 0 aliphatic heterocycles. The number of hydrogen-bond donors (Lipinski definition) is 1. The molecule has 2 aromatic heterocycles. The average molecular weight is 478 g/mol. The molecule has 1 amide bonds. The first kappa shape index (κ1) is 23.0. The highest BCUT2D eigenvalue weighted by Crippen LogP contribution is 2.29. The van der Waals surface area contributed by atoms with Crippen LogP contribution in [-0.2, 0) is 16.1 Å². The van der Waals surface area contributed by atoms with Gasteiger partial charge in [0, 0.05) is 12.1 Å². The van der Waals surface area contributed by atoms with Crippen LogP contribution >= 0.6 is 34.7 Å². The Hall–Kier alpha value is -2.69. The van der Waals surface area contributed by atoms with E-state index in [4.69, 9.17) is 16.3 Å². The molecule has 0 fully saturated rings. The summed E-state index contributed by atoms with van der Waals surface area (Å²) in [5.74, 6) is -0.0350. The van der Waals surface area contributed by atoms with Crippen LogP contribution in [0.4, 0.5) is 5.13 Å². The van der Waals surface area contributed by atoms with E-state index < -0.39 is 5.97 Å². The number of thioether (sulfide) groups is 1. The number of allylic oxidation sites excluding steroid dienone is 1. The fraction of sp³-hybridized carbons (Fsp3) is 0.250. The minimum atomic E-state index is -0.447. The number of nitrogens with zero attached hydrogens (tertiary/aromatic N) is 4. The number of carbonyl (C=O) groups excluding carboxylic acids is 2. The van der Waals surface area contributed by atoms with Crippen LogP contribution in [0.2, 0.25) is 5.02 Å². The average Bonchev–Trinajstić information content (AvgIpc) is 3.30. The van der Waals surface area contributed by atoms with Crippen molar-refractivity contribution in [3.05, 3.63) is 52.5 Å². The summed E-state index contributed by atoms with van der Waals surface area (Å²) in [4.78, 5) is 28.9. The van der Waals surface area contributed by atoms with Crippen LogP contribution < -0.4 is 5.32 Å². The summed E-state index contributed by atoms with van der Waals surface area (Å²) in [6.45, 7) is 7.95. The van der Waals surface area contributed by atoms with Gasteiger partial charge in [0.25, 0.3) is 0 Å². The highest BCUT2D eigenvalue weighted by Gasteiger charge is 2.19. The van der Waals surface area contributed by atoms with E-state index in [1.54, 1.807) is 26.0 Å². The molecule has 1 N–H and O–H groups in total. The molecule has 11 heteroatoms. The summed E-state index contributed by atoms with van der Waals surface area (Å²) < 4.78 is 6.84. The topological polar surface area (TPSA) is 99.0 Å². The van der Waals surface area contributed by atoms with Gasteiger partial charge in [-0.3, -0.25) is 9.36 Å². The molecule has 8 nitrogen and oxygen atoms in total. The summed E-state index contributed by atoms with van der Waals surface area (Å²) in [5, 5.41) is 12.6. The van der Waals surface area contributed by atoms with E-state index in [0.717, 1.165) is 16.9 Å². The van der Waals surface area contributed by atoms with Crippen LogP contribution in [0.25, 0.3) is 11.4 Å². The Balaban J connectivity index is 1.69. The maximum atomic E-state index is 12.4. The Morgan fingerprint density at radius 1 is 1.35 bits per heavy atom. The standard InChI is InChI=1S/C20H20ClN5O3S2/c1-4-10-26-17(13-8-6-7-9-14(13)21)24-25-20(26)30-11-15(27)23-19-22-12(3)16(31-19)18(28)29-5-2/h4,6-9H,1,5,10-11H2,2-3H3,(H,22,23,27). The summed E-state index contributed by atoms with van der Waals surface area (Å²) in [6, 6.07) is 7.35. The predicted octanol–water partition coefficient (Wildman–Crippen LogP) is 4.46. The van der Waals surface area contributed by atoms with Crippen molar-refractivity contribution in [1.82, 2.24) is 19.7 Å². The first-order valence-electron chi connectivity index (χ1n) is 9.30. The number of ether oxygens (including phenoxy) is 1. The summed E-state index contributed by atoms with van der Waals surface area (Å²) in [7, 11) is 0. The summed E-state index contributed by atoms with van der Waals surface area (Å²) in [5.41, 5.74) is 1.26. The maximum absolute atomic E-state index is 12.4. The van der Waals surface area contributed by atoms with Crippen LogP contribution in [-0.4, -0.2) is 44.0 Å². The van der Waals surface area contributed by atoms with Crippen molar-refractivity contribution < 1.29 is 14.3 Å². The smallest absolute Gasteiger partial charge is 0.350 e. The number of nitrogens with one attached hydrogen (secondary N) is 1. The summed E-state index contributed by atoms with van der Waals surface area (Å²) >= 11 is 8.61. The molecule has 2 heterocycles. The molecule has 0 spiro atoms. The van der Waals surface area contributed by atoms with Crippen LogP contribution in [0, 0.1) is 6.92 Å². The lowest BCUT2D eigenvalue weighted by molar-refractivity contribution is -0.113. The molecule has 3 aromatic rings. The van der Waals surface area contributed by atoms with Gasteiger partial charge in [0.1, 0.15) is 4.88 Å². The van der Waals surface area contributed by atoms with Crippen LogP contribution in [0.3, 0.4) is 0 Å². The molecule has 0 radical (unpaired) electrons. The van der Waals surface area contributed by atoms with Crippen molar-refractivity contribution in [2.75, 3.05) is 17.7 Å². The molecule has 162 valence electrons. The molecule has 1 aromatic carbocycles. The lowest BCUT2D eigenvalue weighted by Gasteiger charge is -2.08. The minimum Gasteiger partial charge on any atom is -0.462 e. The van der Waals surface area contributed by atoms with Crippen molar-refractivity contribution >= 4 is 51.7 Å². The van der Waals surface area contributed by atoms with Gasteiger partial charge in [-0.25, -0.2) is 9.78 Å². The molecule has 0 saturated carbocycles. The molecular formula is C20H20ClN5O3S2. The van der Waals surface area contributed by atoms with Crippen molar-refractivity contribution in [2.24, 2.45) is 0 Å². The van der Waals surface area contributed by atoms with E-state index in [1.807, 2.05) is 22.8 Å². The predicted molar refractivity (Wildman–Crippen MR) is 123 cm³/mol. The van der Waals surface area contributed by atoms with Crippen molar-refractivity contribution in [3.8, 4) is 11.4 Å². The van der Waals surface area contributed by atoms with E-state index >= 15 is 0 Å². The van der Waals surface area contributed by atoms with Crippen LogP contribution in [0.15, 0.2) is 42.1 Å². The van der Waals surface area contributed by atoms with Crippen LogP contribution in [0.5, 0.6) is 0 Å². The normalized spacial score (nSPS) is 10.7. The van der Waals surface area contributed by atoms with Crippen molar-refractivity contribution in [1.29, 1.82) is 0 Å². The second-order valence-corrected chi connectivity index (χ2v) is 8.52. The van der Waals surface area contributed by atoms with E-state index in [9.17, 15) is 9.59 Å². The Bertz CT molecular complexity index is 1110. The fourth-order valence-electron chi connectivity index (χ4n) is 2.65. The number of aromatic nitrogens is 4. The van der Waals surface area contributed by atoms with Gasteiger partial charge >= 0.3 is 5.97 Å². The third-order valence-corrected chi connectivity index (χ3v) is 6.33. The Labute approximate surface area is 192 Å². The largest absolute Gasteiger partial charge is 0.462 e. The summed E-state index contributed by atoms with van der Waals surface area (Å²) in [6.07, 6.45) is 1.73. The Kier molecular flexibility index (Phi) is 7.83. The molecular weight excluding hydrogens is 458 g/mol. The van der Waals surface area contributed by atoms with Gasteiger partial charge in [0.2, 0.25) is 5.91 Å². The maximum Gasteiger partial charge on any atom is 0.350 e. The fourth-order valence-corrected chi connectivity index (χ4v) is 4.50. The Morgan fingerprint density at radius 2 is 2.13 bits per heavy atom. The lowest BCUT2D eigenvalue weighted by atomic mass is 10.2. The second kappa shape index (κ2) is 10.6. The van der Waals surface area contributed by atoms with Crippen molar-refractivity contribution in [3.63, 3.8) is 0 Å². The Morgan fingerprint density at radius 3 is 2.84 bits per heavy atom. The van der Waals surface area contributed by atoms with E-state index in [2.05, 4.69) is 27.1 Å². The minimum absolute atomic E-state index is 0.0885. The highest BCUT2D eigenvalue weighted by atomic mass is 35.5. The number of benzene rings is 1. The van der Waals surface area contributed by atoms with Gasteiger partial charge in [0.05, 0.1) is 23.1 Å². The second-order valence-electron chi connectivity index (χ2n) is 6.18. The number of hydrogen-bond acceptors (Lipinski definition) is 8.